The summed E-state index contributed by atoms with van der Waals surface area (Å²) in [6.07, 6.45) is 4.60. The molecule has 1 aromatic carbocycles. The number of para-hydroxylation sites is 1. The average molecular weight is 772 g/mol. The third-order valence-electron chi connectivity index (χ3n) is 10.6. The summed E-state index contributed by atoms with van der Waals surface area (Å²) in [6, 6.07) is 6.30. The van der Waals surface area contributed by atoms with Crippen LogP contribution in [0.5, 0.6) is 0 Å². The zero-order chi connectivity index (χ0) is 39.9. The molecule has 0 bridgehead atoms. The minimum atomic E-state index is -3.00. The third kappa shape index (κ3) is 9.20. The van der Waals surface area contributed by atoms with Crippen LogP contribution in [0.3, 0.4) is 0 Å². The Morgan fingerprint density at radius 1 is 1.09 bits per heavy atom. The molecule has 1 unspecified atom stereocenters. The second-order valence-electron chi connectivity index (χ2n) is 14.4. The standard InChI is InChI=1S/C39H47F2N11O4/c1-24-14-15-44-36(46-24)28(21-42)37(54)47-29(33(43)35(40)41)22-45-27-10-8-25(9-11-27)23-51-19-17-50(18-20-51)16-4-6-26-5-3-7-30-34(26)49(2)39(56)52(30)31-12-13-32(53)48-38(31)55/h3,5,7,14-15,21-22,25,27,31,35H,8-13,16-20,23,42-43H2,1-2H3,(H,47,54)(H,48,53,55). The van der Waals surface area contributed by atoms with E-state index in [0.717, 1.165) is 64.6 Å². The number of piperazine rings is 1. The first kappa shape index (κ1) is 39.9. The van der Waals surface area contributed by atoms with Crippen molar-refractivity contribution in [3.05, 3.63) is 75.6 Å². The van der Waals surface area contributed by atoms with Crippen molar-refractivity contribution in [2.24, 2.45) is 29.4 Å². The lowest BCUT2D eigenvalue weighted by molar-refractivity contribution is -0.135. The van der Waals surface area contributed by atoms with Crippen LogP contribution in [0.1, 0.15) is 61.6 Å². The number of halogens is 2. The predicted molar refractivity (Wildman–Crippen MR) is 207 cm³/mol. The van der Waals surface area contributed by atoms with E-state index in [0.29, 0.717) is 34.8 Å². The van der Waals surface area contributed by atoms with Crippen LogP contribution in [-0.4, -0.2) is 105 Å². The van der Waals surface area contributed by atoms with Gasteiger partial charge in [0.1, 0.15) is 11.7 Å². The Bertz CT molecular complexity index is 2180. The number of alkyl halides is 2. The number of fused-ring (bicyclic) bond motifs is 1. The van der Waals surface area contributed by atoms with E-state index in [1.807, 2.05) is 12.1 Å². The van der Waals surface area contributed by atoms with Gasteiger partial charge in [-0.1, -0.05) is 17.9 Å². The molecule has 3 fully saturated rings. The number of allylic oxidation sites excluding steroid dienone is 2. The fraction of sp³-hybridized carbons (Fsp3) is 0.462. The Morgan fingerprint density at radius 3 is 2.50 bits per heavy atom. The van der Waals surface area contributed by atoms with Gasteiger partial charge in [0.25, 0.3) is 12.3 Å². The number of aryl methyl sites for hydroxylation is 2. The normalized spacial score (nSPS) is 21.9. The molecule has 17 heteroatoms. The van der Waals surface area contributed by atoms with Crippen LogP contribution in [-0.2, 0) is 21.4 Å². The van der Waals surface area contributed by atoms with Gasteiger partial charge in [0, 0.05) is 70.5 Å². The van der Waals surface area contributed by atoms with Crippen LogP contribution in [0.4, 0.5) is 8.78 Å². The van der Waals surface area contributed by atoms with E-state index in [-0.39, 0.29) is 47.6 Å². The maximum Gasteiger partial charge on any atom is 0.329 e. The topological polar surface area (TPSA) is 199 Å². The number of imide groups is 1. The van der Waals surface area contributed by atoms with Crippen molar-refractivity contribution in [3.8, 4) is 11.8 Å². The fourth-order valence-electron chi connectivity index (χ4n) is 7.48. The number of carbonyl (C=O) groups excluding carboxylic acids is 3. The molecule has 3 aliphatic rings. The van der Waals surface area contributed by atoms with E-state index in [1.165, 1.54) is 21.5 Å². The predicted octanol–water partition coefficient (Wildman–Crippen LogP) is 1.57. The number of carbonyl (C=O) groups is 3. The lowest BCUT2D eigenvalue weighted by Crippen LogP contribution is -2.48. The third-order valence-corrected chi connectivity index (χ3v) is 10.6. The quantitative estimate of drug-likeness (QED) is 0.102. The van der Waals surface area contributed by atoms with Crippen LogP contribution in [0, 0.1) is 24.7 Å². The Kier molecular flexibility index (Phi) is 12.7. The summed E-state index contributed by atoms with van der Waals surface area (Å²) >= 11 is 0. The van der Waals surface area contributed by atoms with E-state index in [9.17, 15) is 28.0 Å². The molecular formula is C39H47F2N11O4. The molecule has 2 aliphatic heterocycles. The van der Waals surface area contributed by atoms with Gasteiger partial charge in [-0.05, 0) is 63.1 Å². The summed E-state index contributed by atoms with van der Waals surface area (Å²) in [6.45, 7) is 6.82. The van der Waals surface area contributed by atoms with E-state index < -0.39 is 30.0 Å². The molecule has 3 amide bonds. The average Bonchev–Trinajstić information content (AvgIpc) is 3.43. The van der Waals surface area contributed by atoms with Gasteiger partial charge in [0.05, 0.1) is 40.5 Å². The number of nitrogens with one attached hydrogen (secondary N) is 2. The number of piperidine rings is 1. The number of rotatable bonds is 10. The van der Waals surface area contributed by atoms with Gasteiger partial charge in [-0.25, -0.2) is 23.5 Å². The van der Waals surface area contributed by atoms with Gasteiger partial charge in [-0.2, -0.15) is 0 Å². The maximum absolute atomic E-state index is 13.6. The van der Waals surface area contributed by atoms with Crippen molar-refractivity contribution in [1.29, 1.82) is 0 Å². The zero-order valence-electron chi connectivity index (χ0n) is 31.5. The van der Waals surface area contributed by atoms with Gasteiger partial charge in [0.2, 0.25) is 11.8 Å². The number of aromatic nitrogens is 4. The molecule has 15 nitrogen and oxygen atoms in total. The Hall–Kier alpha value is -5.73. The number of benzene rings is 1. The van der Waals surface area contributed by atoms with E-state index in [2.05, 4.69) is 47.2 Å². The molecule has 296 valence electrons. The van der Waals surface area contributed by atoms with Gasteiger partial charge >= 0.3 is 5.69 Å². The summed E-state index contributed by atoms with van der Waals surface area (Å²) < 4.78 is 30.2. The van der Waals surface area contributed by atoms with Crippen LogP contribution in [0.15, 0.2) is 57.8 Å². The highest BCUT2D eigenvalue weighted by molar-refractivity contribution is 6.19. The number of aliphatic imine (C=N–C) groups is 1. The number of hydrogen-bond donors (Lipinski definition) is 4. The van der Waals surface area contributed by atoms with Crippen LogP contribution in [0.25, 0.3) is 16.6 Å². The highest BCUT2D eigenvalue weighted by Crippen LogP contribution is 2.28. The van der Waals surface area contributed by atoms with Gasteiger partial charge in [-0.3, -0.25) is 38.7 Å². The first-order valence-corrected chi connectivity index (χ1v) is 18.7. The molecule has 1 saturated carbocycles. The molecule has 2 saturated heterocycles. The van der Waals surface area contributed by atoms with Crippen molar-refractivity contribution < 1.29 is 23.2 Å². The number of nitrogens with zero attached hydrogens (tertiary/aromatic N) is 7. The van der Waals surface area contributed by atoms with E-state index in [1.54, 1.807) is 26.1 Å². The Labute approximate surface area is 322 Å². The Morgan fingerprint density at radius 2 is 1.82 bits per heavy atom. The number of imidazole rings is 1. The second kappa shape index (κ2) is 17.8. The molecule has 0 spiro atoms. The van der Waals surface area contributed by atoms with E-state index >= 15 is 0 Å². The molecule has 6 N–H and O–H groups in total. The highest BCUT2D eigenvalue weighted by atomic mass is 19.3. The molecule has 3 aromatic rings. The molecule has 56 heavy (non-hydrogen) atoms. The van der Waals surface area contributed by atoms with Crippen LogP contribution in [0.2, 0.25) is 0 Å². The first-order chi connectivity index (χ1) is 26.9. The maximum atomic E-state index is 13.6. The van der Waals surface area contributed by atoms with Crippen molar-refractivity contribution in [1.82, 2.24) is 39.5 Å². The van der Waals surface area contributed by atoms with Crippen molar-refractivity contribution >= 4 is 40.5 Å². The summed E-state index contributed by atoms with van der Waals surface area (Å²) in [7, 11) is 1.67. The minimum Gasteiger partial charge on any atom is -0.404 e. The second-order valence-corrected chi connectivity index (χ2v) is 14.4. The largest absolute Gasteiger partial charge is 0.404 e. The number of nitrogens with two attached hydrogens (primary N) is 2. The minimum absolute atomic E-state index is 0.0619. The molecule has 6 rings (SSSR count). The number of amides is 3. The van der Waals surface area contributed by atoms with Gasteiger partial charge in [0.15, 0.2) is 5.82 Å². The van der Waals surface area contributed by atoms with E-state index in [4.69, 9.17) is 11.5 Å². The summed E-state index contributed by atoms with van der Waals surface area (Å²) in [5.74, 6) is 5.50. The molecule has 4 heterocycles. The highest BCUT2D eigenvalue weighted by Gasteiger charge is 2.32. The molecule has 1 aliphatic carbocycles. The van der Waals surface area contributed by atoms with Crippen molar-refractivity contribution in [2.45, 2.75) is 64.0 Å². The first-order valence-electron chi connectivity index (χ1n) is 18.7. The lowest BCUT2D eigenvalue weighted by Gasteiger charge is -2.37. The zero-order valence-corrected chi connectivity index (χ0v) is 31.5. The molecule has 2 aromatic heterocycles. The van der Waals surface area contributed by atoms with Crippen LogP contribution >= 0.6 is 0 Å². The monoisotopic (exact) mass is 771 g/mol. The number of hydrogen-bond acceptors (Lipinski definition) is 11. The van der Waals surface area contributed by atoms with Crippen molar-refractivity contribution in [3.63, 3.8) is 0 Å². The molecule has 0 radical (unpaired) electrons. The lowest BCUT2D eigenvalue weighted by atomic mass is 9.86. The summed E-state index contributed by atoms with van der Waals surface area (Å²) in [4.78, 5) is 68.0. The fourth-order valence-corrected chi connectivity index (χ4v) is 7.48. The van der Waals surface area contributed by atoms with Crippen LogP contribution < -0.4 is 27.8 Å². The van der Waals surface area contributed by atoms with Gasteiger partial charge < -0.3 is 21.7 Å². The smallest absolute Gasteiger partial charge is 0.329 e. The molecular weight excluding hydrogens is 724 g/mol. The van der Waals surface area contributed by atoms with Crippen molar-refractivity contribution in [2.75, 3.05) is 39.3 Å². The SMILES string of the molecule is Cc1ccnc(C(=CN)C(=O)NC(C=NC2CCC(CN3CCN(CC#Cc4cccc5c4n(C)c(=O)n5C4CCC(=O)NC4=O)CC3)CC2)=C(N)C(F)F)n1. The summed E-state index contributed by atoms with van der Waals surface area (Å²) in [5, 5.41) is 4.76. The van der Waals surface area contributed by atoms with Gasteiger partial charge in [-0.15, -0.1) is 0 Å². The summed E-state index contributed by atoms with van der Waals surface area (Å²) in [5.41, 5.74) is 12.4. The molecule has 1 atom stereocenters. The Balaban J connectivity index is 0.980.